The first-order valence-corrected chi connectivity index (χ1v) is 12.4. The molecule has 202 valence electrons. The number of para-hydroxylation sites is 1. The molecule has 0 saturated carbocycles. The van der Waals surface area contributed by atoms with Gasteiger partial charge in [0.2, 0.25) is 5.91 Å². The van der Waals surface area contributed by atoms with E-state index in [0.717, 1.165) is 23.9 Å². The second-order valence-corrected chi connectivity index (χ2v) is 8.96. The minimum Gasteiger partial charge on any atom is -0.497 e. The average Bonchev–Trinajstić information content (AvgIpc) is 3.34. The number of aromatic nitrogens is 3. The summed E-state index contributed by atoms with van der Waals surface area (Å²) < 4.78 is 60.5. The maximum absolute atomic E-state index is 13.9. The van der Waals surface area contributed by atoms with Gasteiger partial charge < -0.3 is 15.4 Å². The Labute approximate surface area is 224 Å². The molecule has 1 aromatic heterocycles. The lowest BCUT2D eigenvalue weighted by Gasteiger charge is -2.14. The van der Waals surface area contributed by atoms with E-state index < -0.39 is 29.4 Å². The van der Waals surface area contributed by atoms with Crippen LogP contribution in [0.3, 0.4) is 0 Å². The molecule has 13 heteroatoms. The molecule has 0 aliphatic heterocycles. The number of anilines is 1. The Kier molecular flexibility index (Phi) is 8.49. The molecule has 4 rings (SSSR count). The van der Waals surface area contributed by atoms with Gasteiger partial charge in [-0.2, -0.15) is 13.2 Å². The summed E-state index contributed by atoms with van der Waals surface area (Å²) in [5, 5.41) is 13.3. The van der Waals surface area contributed by atoms with Crippen LogP contribution in [0.2, 0.25) is 0 Å². The van der Waals surface area contributed by atoms with E-state index >= 15 is 0 Å². The molecule has 0 atom stereocenters. The zero-order chi connectivity index (χ0) is 28.0. The number of rotatable bonds is 9. The Morgan fingerprint density at radius 3 is 2.51 bits per heavy atom. The van der Waals surface area contributed by atoms with Crippen LogP contribution in [0.15, 0.2) is 78.0 Å². The third-order valence-electron chi connectivity index (χ3n) is 5.35. The second-order valence-electron chi connectivity index (χ2n) is 8.01. The molecular weight excluding hydrogens is 538 g/mol. The molecule has 0 unspecified atom stereocenters. The number of nitrogens with zero attached hydrogens (tertiary/aromatic N) is 3. The Bertz CT molecular complexity index is 1490. The lowest BCUT2D eigenvalue weighted by Crippen LogP contribution is -2.24. The molecule has 2 amide bonds. The molecule has 0 spiro atoms. The highest BCUT2D eigenvalue weighted by atomic mass is 32.2. The van der Waals surface area contributed by atoms with E-state index in [2.05, 4.69) is 20.8 Å². The van der Waals surface area contributed by atoms with Gasteiger partial charge in [0.1, 0.15) is 11.6 Å². The quantitative estimate of drug-likeness (QED) is 0.219. The zero-order valence-electron chi connectivity index (χ0n) is 20.3. The summed E-state index contributed by atoms with van der Waals surface area (Å²) >= 11 is 0.889. The fourth-order valence-electron chi connectivity index (χ4n) is 3.49. The van der Waals surface area contributed by atoms with Crippen LogP contribution in [0.4, 0.5) is 23.2 Å². The minimum absolute atomic E-state index is 0.0108. The van der Waals surface area contributed by atoms with Crippen molar-refractivity contribution in [2.75, 3.05) is 18.2 Å². The van der Waals surface area contributed by atoms with Gasteiger partial charge in [-0.3, -0.25) is 14.2 Å². The van der Waals surface area contributed by atoms with Crippen LogP contribution >= 0.6 is 11.8 Å². The number of hydrogen-bond donors (Lipinski definition) is 2. The predicted octanol–water partition coefficient (Wildman–Crippen LogP) is 5.09. The summed E-state index contributed by atoms with van der Waals surface area (Å²) in [4.78, 5) is 25.1. The van der Waals surface area contributed by atoms with Gasteiger partial charge in [-0.1, -0.05) is 36.0 Å². The van der Waals surface area contributed by atoms with Crippen molar-refractivity contribution in [3.8, 4) is 11.4 Å². The molecule has 1 heterocycles. The van der Waals surface area contributed by atoms with Gasteiger partial charge in [-0.15, -0.1) is 10.2 Å². The molecule has 39 heavy (non-hydrogen) atoms. The van der Waals surface area contributed by atoms with Crippen molar-refractivity contribution in [1.82, 2.24) is 20.1 Å². The molecule has 0 aliphatic carbocycles. The molecule has 0 saturated heterocycles. The van der Waals surface area contributed by atoms with Gasteiger partial charge in [0.15, 0.2) is 11.0 Å². The van der Waals surface area contributed by atoms with Crippen LogP contribution in [0, 0.1) is 5.82 Å². The van der Waals surface area contributed by atoms with E-state index in [9.17, 15) is 27.2 Å². The molecule has 0 aliphatic rings. The van der Waals surface area contributed by atoms with Crippen LogP contribution in [-0.4, -0.2) is 39.4 Å². The van der Waals surface area contributed by atoms with E-state index in [-0.39, 0.29) is 34.7 Å². The van der Waals surface area contributed by atoms with Gasteiger partial charge in [-0.25, -0.2) is 4.39 Å². The van der Waals surface area contributed by atoms with Gasteiger partial charge in [0, 0.05) is 5.56 Å². The third kappa shape index (κ3) is 6.93. The molecule has 0 bridgehead atoms. The number of amides is 2. The van der Waals surface area contributed by atoms with Gasteiger partial charge >= 0.3 is 6.18 Å². The van der Waals surface area contributed by atoms with Crippen LogP contribution in [-0.2, 0) is 17.5 Å². The lowest BCUT2D eigenvalue weighted by molar-refractivity contribution is -0.137. The monoisotopic (exact) mass is 559 g/mol. The summed E-state index contributed by atoms with van der Waals surface area (Å²) in [6.07, 6.45) is -4.60. The molecule has 2 N–H and O–H groups in total. The minimum atomic E-state index is -4.60. The van der Waals surface area contributed by atoms with Crippen molar-refractivity contribution in [3.63, 3.8) is 0 Å². The van der Waals surface area contributed by atoms with E-state index in [1.165, 1.54) is 48.1 Å². The molecular formula is C26H21F4N5O3S. The molecule has 0 radical (unpaired) electrons. The van der Waals surface area contributed by atoms with Crippen LogP contribution in [0.25, 0.3) is 5.69 Å². The Balaban J connectivity index is 1.58. The van der Waals surface area contributed by atoms with Crippen LogP contribution < -0.4 is 15.4 Å². The highest BCUT2D eigenvalue weighted by Crippen LogP contribution is 2.32. The number of carbonyl (C=O) groups excluding carboxylic acids is 2. The number of hydrogen-bond acceptors (Lipinski definition) is 6. The lowest BCUT2D eigenvalue weighted by atomic mass is 10.2. The van der Waals surface area contributed by atoms with E-state index in [1.807, 2.05) is 0 Å². The normalized spacial score (nSPS) is 11.2. The maximum Gasteiger partial charge on any atom is 0.416 e. The topological polar surface area (TPSA) is 98.1 Å². The highest BCUT2D eigenvalue weighted by Gasteiger charge is 2.31. The van der Waals surface area contributed by atoms with Crippen molar-refractivity contribution in [1.29, 1.82) is 0 Å². The predicted molar refractivity (Wildman–Crippen MR) is 136 cm³/mol. The number of nitrogens with one attached hydrogen (secondary N) is 2. The fraction of sp³-hybridized carbons (Fsp3) is 0.154. The first-order valence-electron chi connectivity index (χ1n) is 11.4. The van der Waals surface area contributed by atoms with E-state index in [0.29, 0.717) is 11.3 Å². The fourth-order valence-corrected chi connectivity index (χ4v) is 4.26. The standard InChI is InChI=1S/C26H21F4N5O3S/c1-38-19-9-4-6-16(12-19)24(37)31-14-22-33-34-25(35(22)18-8-5-7-17(13-18)26(28,29)30)39-15-23(36)32-21-11-3-2-10-20(21)27/h2-13H,14-15H2,1H3,(H,31,37)(H,32,36). The summed E-state index contributed by atoms with van der Waals surface area (Å²) in [6, 6.07) is 16.5. The Morgan fingerprint density at radius 1 is 1.00 bits per heavy atom. The first kappa shape index (κ1) is 27.6. The van der Waals surface area contributed by atoms with E-state index in [1.54, 1.807) is 24.3 Å². The molecule has 8 nitrogen and oxygen atoms in total. The van der Waals surface area contributed by atoms with E-state index in [4.69, 9.17) is 4.74 Å². The number of benzene rings is 3. The summed E-state index contributed by atoms with van der Waals surface area (Å²) in [7, 11) is 1.46. The van der Waals surface area contributed by atoms with Gasteiger partial charge in [-0.05, 0) is 48.5 Å². The molecule has 4 aromatic rings. The maximum atomic E-state index is 13.9. The Hall–Kier alpha value is -4.39. The molecule has 3 aromatic carbocycles. The number of methoxy groups -OCH3 is 1. The number of thioether (sulfide) groups is 1. The smallest absolute Gasteiger partial charge is 0.416 e. The van der Waals surface area contributed by atoms with Crippen LogP contribution in [0.1, 0.15) is 21.7 Å². The average molecular weight is 560 g/mol. The van der Waals surface area contributed by atoms with Crippen molar-refractivity contribution >= 4 is 29.3 Å². The number of halogens is 4. The van der Waals surface area contributed by atoms with Crippen molar-refractivity contribution in [3.05, 3.63) is 95.6 Å². The molecule has 0 fully saturated rings. The van der Waals surface area contributed by atoms with Crippen LogP contribution in [0.5, 0.6) is 5.75 Å². The van der Waals surface area contributed by atoms with Crippen molar-refractivity contribution < 1.29 is 31.9 Å². The summed E-state index contributed by atoms with van der Waals surface area (Å²) in [5.41, 5.74) is -0.520. The number of ether oxygens (including phenoxy) is 1. The Morgan fingerprint density at radius 2 is 1.77 bits per heavy atom. The third-order valence-corrected chi connectivity index (χ3v) is 6.28. The first-order chi connectivity index (χ1) is 18.7. The van der Waals surface area contributed by atoms with Crippen molar-refractivity contribution in [2.45, 2.75) is 17.9 Å². The van der Waals surface area contributed by atoms with Gasteiger partial charge in [0.05, 0.1) is 36.3 Å². The highest BCUT2D eigenvalue weighted by molar-refractivity contribution is 7.99. The zero-order valence-corrected chi connectivity index (χ0v) is 21.1. The SMILES string of the molecule is COc1cccc(C(=O)NCc2nnc(SCC(=O)Nc3ccccc3F)n2-c2cccc(C(F)(F)F)c2)c1. The number of carbonyl (C=O) groups is 2. The largest absolute Gasteiger partial charge is 0.497 e. The summed E-state index contributed by atoms with van der Waals surface area (Å²) in [5.74, 6) is -1.27. The van der Waals surface area contributed by atoms with Gasteiger partial charge in [0.25, 0.3) is 5.91 Å². The second kappa shape index (κ2) is 12.0. The summed E-state index contributed by atoms with van der Waals surface area (Å²) in [6.45, 7) is -0.179. The van der Waals surface area contributed by atoms with Crippen molar-refractivity contribution in [2.24, 2.45) is 0 Å². The number of alkyl halides is 3.